The minimum absolute atomic E-state index is 0.297. The van der Waals surface area contributed by atoms with Crippen LogP contribution in [-0.4, -0.2) is 35.8 Å². The number of aryl methyl sites for hydroxylation is 1. The average molecular weight is 514 g/mol. The van der Waals surface area contributed by atoms with Crippen LogP contribution in [0, 0.1) is 18.8 Å². The van der Waals surface area contributed by atoms with Gasteiger partial charge < -0.3 is 15.0 Å². The Morgan fingerprint density at radius 1 is 0.973 bits per heavy atom. The van der Waals surface area contributed by atoms with E-state index in [1.165, 1.54) is 12.0 Å². The number of ether oxygens (including phenoxy) is 1. The van der Waals surface area contributed by atoms with Gasteiger partial charge in [-0.3, -0.25) is 14.4 Å². The number of hydrogen-bond donors (Lipinski definition) is 1. The lowest BCUT2D eigenvalue weighted by molar-refractivity contribution is -0.128. The van der Waals surface area contributed by atoms with Gasteiger partial charge in [0.05, 0.1) is 36.4 Å². The second-order valence-electron chi connectivity index (χ2n) is 9.51. The summed E-state index contributed by atoms with van der Waals surface area (Å²) in [5, 5.41) is 3.34. The molecule has 1 N–H and O–H groups in total. The van der Waals surface area contributed by atoms with E-state index in [1.54, 1.807) is 30.3 Å². The third-order valence-corrected chi connectivity index (χ3v) is 7.68. The quantitative estimate of drug-likeness (QED) is 0.506. The summed E-state index contributed by atoms with van der Waals surface area (Å²) in [6.45, 7) is 1.94. The lowest BCUT2D eigenvalue weighted by atomic mass is 9.84. The van der Waals surface area contributed by atoms with Crippen molar-refractivity contribution in [1.29, 1.82) is 0 Å². The number of rotatable bonds is 4. The summed E-state index contributed by atoms with van der Waals surface area (Å²) in [5.74, 6) is -2.21. The zero-order valence-corrected chi connectivity index (χ0v) is 21.0. The lowest BCUT2D eigenvalue weighted by Gasteiger charge is -2.35. The van der Waals surface area contributed by atoms with E-state index in [-0.39, 0.29) is 11.8 Å². The molecule has 6 rings (SSSR count). The van der Waals surface area contributed by atoms with Crippen molar-refractivity contribution in [2.45, 2.75) is 19.0 Å². The Morgan fingerprint density at radius 2 is 1.70 bits per heavy atom. The van der Waals surface area contributed by atoms with Crippen LogP contribution in [0.5, 0.6) is 5.75 Å². The van der Waals surface area contributed by atoms with Crippen LogP contribution in [0.1, 0.15) is 22.7 Å². The number of anilines is 2. The summed E-state index contributed by atoms with van der Waals surface area (Å²) in [7, 11) is 1.50. The Labute approximate surface area is 219 Å². The molecule has 0 spiro atoms. The SMILES string of the molecule is COc1ccc(Cl)cc1NC(=O)[C@@H]1[C@@H]2C(=O)N(c3ccc(C)cc3)C(=O)[C@H]2[C@@H]2c3ccccc3C=CN12. The van der Waals surface area contributed by atoms with Crippen LogP contribution in [0.25, 0.3) is 6.08 Å². The van der Waals surface area contributed by atoms with Crippen molar-refractivity contribution < 1.29 is 19.1 Å². The highest BCUT2D eigenvalue weighted by atomic mass is 35.5. The molecule has 0 radical (unpaired) electrons. The van der Waals surface area contributed by atoms with E-state index in [4.69, 9.17) is 16.3 Å². The topological polar surface area (TPSA) is 79.0 Å². The van der Waals surface area contributed by atoms with Gasteiger partial charge >= 0.3 is 0 Å². The van der Waals surface area contributed by atoms with Crippen molar-refractivity contribution in [2.75, 3.05) is 17.3 Å². The number of carbonyl (C=O) groups is 3. The maximum Gasteiger partial charge on any atom is 0.248 e. The van der Waals surface area contributed by atoms with E-state index in [2.05, 4.69) is 5.32 Å². The molecule has 3 aromatic carbocycles. The van der Waals surface area contributed by atoms with Crippen molar-refractivity contribution in [3.8, 4) is 5.75 Å². The van der Waals surface area contributed by atoms with E-state index in [1.807, 2.05) is 60.5 Å². The second kappa shape index (κ2) is 8.78. The Kier molecular flexibility index (Phi) is 5.53. The summed E-state index contributed by atoms with van der Waals surface area (Å²) >= 11 is 6.18. The molecule has 3 heterocycles. The van der Waals surface area contributed by atoms with E-state index >= 15 is 0 Å². The maximum absolute atomic E-state index is 13.9. The molecule has 3 aliphatic rings. The van der Waals surface area contributed by atoms with Crippen LogP contribution in [0.2, 0.25) is 5.02 Å². The first-order valence-corrected chi connectivity index (χ1v) is 12.4. The number of halogens is 1. The van der Waals surface area contributed by atoms with E-state index < -0.39 is 29.8 Å². The number of benzene rings is 3. The van der Waals surface area contributed by atoms with Gasteiger partial charge in [-0.15, -0.1) is 0 Å². The molecule has 0 aromatic heterocycles. The van der Waals surface area contributed by atoms with Crippen LogP contribution in [0.4, 0.5) is 11.4 Å². The van der Waals surface area contributed by atoms with Gasteiger partial charge in [-0.1, -0.05) is 53.6 Å². The number of fused-ring (bicyclic) bond motifs is 5. The van der Waals surface area contributed by atoms with Crippen LogP contribution >= 0.6 is 11.6 Å². The van der Waals surface area contributed by atoms with Crippen molar-refractivity contribution in [3.63, 3.8) is 0 Å². The molecule has 186 valence electrons. The Hall–Kier alpha value is -4.10. The molecule has 0 aliphatic carbocycles. The van der Waals surface area contributed by atoms with Crippen LogP contribution in [0.3, 0.4) is 0 Å². The minimum Gasteiger partial charge on any atom is -0.495 e. The first-order chi connectivity index (χ1) is 17.9. The molecule has 2 fully saturated rings. The highest BCUT2D eigenvalue weighted by molar-refractivity contribution is 6.31. The average Bonchev–Trinajstić information content (AvgIpc) is 3.37. The van der Waals surface area contributed by atoms with Gasteiger partial charge in [-0.25, -0.2) is 4.90 Å². The fraction of sp³-hybridized carbons (Fsp3) is 0.207. The predicted octanol–water partition coefficient (Wildman–Crippen LogP) is 4.81. The molecule has 3 aliphatic heterocycles. The maximum atomic E-state index is 13.9. The predicted molar refractivity (Wildman–Crippen MR) is 141 cm³/mol. The smallest absolute Gasteiger partial charge is 0.248 e. The number of hydrogen-bond acceptors (Lipinski definition) is 5. The zero-order chi connectivity index (χ0) is 25.8. The number of carbonyl (C=O) groups excluding carboxylic acids is 3. The number of methoxy groups -OCH3 is 1. The van der Waals surface area contributed by atoms with E-state index in [0.29, 0.717) is 22.1 Å². The molecular weight excluding hydrogens is 490 g/mol. The van der Waals surface area contributed by atoms with E-state index in [0.717, 1.165) is 16.7 Å². The third-order valence-electron chi connectivity index (χ3n) is 7.44. The summed E-state index contributed by atoms with van der Waals surface area (Å²) in [6, 6.07) is 18.6. The summed E-state index contributed by atoms with van der Waals surface area (Å²) in [6.07, 6.45) is 3.74. The number of amides is 3. The molecule has 3 amide bonds. The van der Waals surface area contributed by atoms with Gasteiger partial charge in [0.2, 0.25) is 17.7 Å². The Bertz CT molecular complexity index is 1470. The van der Waals surface area contributed by atoms with Gasteiger partial charge in [0.25, 0.3) is 0 Å². The highest BCUT2D eigenvalue weighted by Gasteiger charge is 2.64. The van der Waals surface area contributed by atoms with Gasteiger partial charge in [0.1, 0.15) is 11.8 Å². The van der Waals surface area contributed by atoms with Gasteiger partial charge in [-0.2, -0.15) is 0 Å². The fourth-order valence-corrected chi connectivity index (χ4v) is 5.96. The first-order valence-electron chi connectivity index (χ1n) is 12.0. The molecule has 2 saturated heterocycles. The van der Waals surface area contributed by atoms with Crippen LogP contribution < -0.4 is 15.0 Å². The largest absolute Gasteiger partial charge is 0.495 e. The van der Waals surface area contributed by atoms with E-state index in [9.17, 15) is 14.4 Å². The molecule has 8 heteroatoms. The molecule has 3 aromatic rings. The summed E-state index contributed by atoms with van der Waals surface area (Å²) < 4.78 is 5.40. The van der Waals surface area contributed by atoms with Gasteiger partial charge in [0.15, 0.2) is 0 Å². The van der Waals surface area contributed by atoms with Crippen molar-refractivity contribution in [3.05, 3.63) is 94.6 Å². The number of nitrogens with zero attached hydrogens (tertiary/aromatic N) is 2. The molecule has 0 unspecified atom stereocenters. The Morgan fingerprint density at radius 3 is 2.46 bits per heavy atom. The van der Waals surface area contributed by atoms with Gasteiger partial charge in [0, 0.05) is 11.2 Å². The number of nitrogens with one attached hydrogen (secondary N) is 1. The van der Waals surface area contributed by atoms with Crippen LogP contribution in [0.15, 0.2) is 72.9 Å². The minimum atomic E-state index is -0.907. The van der Waals surface area contributed by atoms with Gasteiger partial charge in [-0.05, 0) is 54.5 Å². The lowest BCUT2D eigenvalue weighted by Crippen LogP contribution is -2.46. The molecule has 0 bridgehead atoms. The zero-order valence-electron chi connectivity index (χ0n) is 20.2. The van der Waals surface area contributed by atoms with Crippen molar-refractivity contribution >= 4 is 46.8 Å². The molecular formula is C29H24ClN3O4. The standard InChI is InChI=1S/C29H24ClN3O4/c1-16-7-10-19(11-8-16)33-28(35)23-24(29(33)36)26(27(34)31-21-15-18(30)9-12-22(21)37-2)32-14-13-17-5-3-4-6-20(17)25(23)32/h3-15,23-26H,1-2H3,(H,31,34)/t23-,24-,25+,26+/m1/s1. The number of imide groups is 1. The molecule has 7 nitrogen and oxygen atoms in total. The molecule has 37 heavy (non-hydrogen) atoms. The molecule has 4 atom stereocenters. The normalized spacial score (nSPS) is 23.5. The second-order valence-corrected chi connectivity index (χ2v) is 9.95. The molecule has 0 saturated carbocycles. The summed E-state index contributed by atoms with van der Waals surface area (Å²) in [4.78, 5) is 44.8. The third kappa shape index (κ3) is 3.61. The monoisotopic (exact) mass is 513 g/mol. The van der Waals surface area contributed by atoms with Crippen molar-refractivity contribution in [1.82, 2.24) is 4.90 Å². The summed E-state index contributed by atoms with van der Waals surface area (Å²) in [5.41, 5.74) is 3.82. The highest BCUT2D eigenvalue weighted by Crippen LogP contribution is 2.53. The first kappa shape index (κ1) is 23.3. The fourth-order valence-electron chi connectivity index (χ4n) is 5.79. The van der Waals surface area contributed by atoms with Crippen LogP contribution in [-0.2, 0) is 14.4 Å². The van der Waals surface area contributed by atoms with Crippen molar-refractivity contribution in [2.24, 2.45) is 11.8 Å². The Balaban J connectivity index is 1.44.